The zero-order valence-electron chi connectivity index (χ0n) is 12.3. The fourth-order valence-corrected chi connectivity index (χ4v) is 2.35. The minimum atomic E-state index is -0.0913. The second-order valence-electron chi connectivity index (χ2n) is 4.94. The van der Waals surface area contributed by atoms with Crippen LogP contribution in [-0.4, -0.2) is 26.4 Å². The molecule has 2 aromatic rings. The smallest absolute Gasteiger partial charge is 0.253 e. The quantitative estimate of drug-likeness (QED) is 0.851. The number of benzene rings is 2. The summed E-state index contributed by atoms with van der Waals surface area (Å²) >= 11 is 0. The molecule has 1 aliphatic rings. The van der Waals surface area contributed by atoms with Gasteiger partial charge in [0, 0.05) is 12.8 Å². The van der Waals surface area contributed by atoms with Gasteiger partial charge in [0.1, 0.15) is 6.61 Å². The van der Waals surface area contributed by atoms with Gasteiger partial charge in [0.05, 0.1) is 6.54 Å². The average Bonchev–Trinajstić information content (AvgIpc) is 3.01. The van der Waals surface area contributed by atoms with Crippen LogP contribution in [0.15, 0.2) is 48.5 Å². The van der Waals surface area contributed by atoms with Crippen molar-refractivity contribution in [1.82, 2.24) is 0 Å². The number of ether oxygens (including phenoxy) is 3. The molecule has 0 bridgehead atoms. The molecule has 5 heteroatoms. The van der Waals surface area contributed by atoms with Crippen molar-refractivity contribution in [3.63, 3.8) is 0 Å². The largest absolute Gasteiger partial charge is 0.454 e. The Morgan fingerprint density at radius 2 is 1.91 bits per heavy atom. The summed E-state index contributed by atoms with van der Waals surface area (Å²) in [6, 6.07) is 15.2. The molecule has 2 aromatic carbocycles. The van der Waals surface area contributed by atoms with Crippen molar-refractivity contribution in [2.24, 2.45) is 0 Å². The Morgan fingerprint density at radius 1 is 1.14 bits per heavy atom. The lowest BCUT2D eigenvalue weighted by Crippen LogP contribution is -2.33. The van der Waals surface area contributed by atoms with Gasteiger partial charge in [-0.2, -0.15) is 0 Å². The molecule has 0 saturated heterocycles. The van der Waals surface area contributed by atoms with Gasteiger partial charge in [-0.3, -0.25) is 4.79 Å². The number of carbonyl (C=O) groups excluding carboxylic acids is 1. The molecule has 5 nitrogen and oxygen atoms in total. The number of methoxy groups -OCH3 is 1. The first-order chi connectivity index (χ1) is 10.8. The van der Waals surface area contributed by atoms with Crippen molar-refractivity contribution in [3.8, 4) is 11.5 Å². The third-order valence-electron chi connectivity index (χ3n) is 3.41. The van der Waals surface area contributed by atoms with E-state index in [4.69, 9.17) is 14.2 Å². The maximum Gasteiger partial charge on any atom is 0.253 e. The lowest BCUT2D eigenvalue weighted by atomic mass is 10.1. The van der Waals surface area contributed by atoms with E-state index in [2.05, 4.69) is 0 Å². The predicted molar refractivity (Wildman–Crippen MR) is 82.1 cm³/mol. The Labute approximate surface area is 129 Å². The maximum absolute atomic E-state index is 12.3. The van der Waals surface area contributed by atoms with Crippen LogP contribution in [0.25, 0.3) is 0 Å². The summed E-state index contributed by atoms with van der Waals surface area (Å²) in [6.07, 6.45) is 0. The van der Waals surface area contributed by atoms with E-state index in [0.717, 1.165) is 17.0 Å². The van der Waals surface area contributed by atoms with Gasteiger partial charge in [-0.05, 0) is 29.8 Å². The van der Waals surface area contributed by atoms with Gasteiger partial charge in [0.25, 0.3) is 5.91 Å². The van der Waals surface area contributed by atoms with Gasteiger partial charge in [-0.15, -0.1) is 0 Å². The average molecular weight is 299 g/mol. The number of carbonyl (C=O) groups is 1. The molecule has 114 valence electrons. The predicted octanol–water partition coefficient (Wildman–Crippen LogP) is 2.59. The second kappa shape index (κ2) is 6.49. The van der Waals surface area contributed by atoms with Crippen molar-refractivity contribution < 1.29 is 19.0 Å². The van der Waals surface area contributed by atoms with E-state index >= 15 is 0 Å². The molecule has 1 amide bonds. The summed E-state index contributed by atoms with van der Waals surface area (Å²) in [4.78, 5) is 14.0. The highest BCUT2D eigenvalue weighted by atomic mass is 16.7. The number of rotatable bonds is 5. The van der Waals surface area contributed by atoms with Crippen LogP contribution in [0.2, 0.25) is 0 Å². The number of amides is 1. The van der Waals surface area contributed by atoms with Crippen LogP contribution < -0.4 is 14.4 Å². The van der Waals surface area contributed by atoms with Gasteiger partial charge < -0.3 is 19.1 Å². The lowest BCUT2D eigenvalue weighted by molar-refractivity contribution is -0.122. The van der Waals surface area contributed by atoms with Gasteiger partial charge in [-0.25, -0.2) is 0 Å². The number of anilines is 1. The van der Waals surface area contributed by atoms with Crippen LogP contribution in [0.1, 0.15) is 5.56 Å². The van der Waals surface area contributed by atoms with Crippen LogP contribution in [0.3, 0.4) is 0 Å². The van der Waals surface area contributed by atoms with Gasteiger partial charge >= 0.3 is 0 Å². The molecule has 0 aliphatic carbocycles. The normalized spacial score (nSPS) is 12.2. The molecule has 0 N–H and O–H groups in total. The first-order valence-electron chi connectivity index (χ1n) is 7.01. The summed E-state index contributed by atoms with van der Waals surface area (Å²) in [6.45, 7) is 0.728. The SMILES string of the molecule is COCC(=O)N(Cc1ccc2c(c1)OCO2)c1ccccc1. The van der Waals surface area contributed by atoms with Crippen molar-refractivity contribution in [1.29, 1.82) is 0 Å². The standard InChI is InChI=1S/C17H17NO4/c1-20-11-17(19)18(14-5-3-2-4-6-14)10-13-7-8-15-16(9-13)22-12-21-15/h2-9H,10-12H2,1H3. The Bertz CT molecular complexity index is 657. The Hall–Kier alpha value is -2.53. The number of fused-ring (bicyclic) bond motifs is 1. The molecule has 1 heterocycles. The van der Waals surface area contributed by atoms with Gasteiger partial charge in [0.15, 0.2) is 11.5 Å². The molecule has 0 atom stereocenters. The highest BCUT2D eigenvalue weighted by molar-refractivity contribution is 5.94. The Morgan fingerprint density at radius 3 is 2.68 bits per heavy atom. The molecule has 3 rings (SSSR count). The monoisotopic (exact) mass is 299 g/mol. The van der Waals surface area contributed by atoms with Gasteiger partial charge in [0.2, 0.25) is 6.79 Å². The third kappa shape index (κ3) is 3.04. The van der Waals surface area contributed by atoms with Crippen molar-refractivity contribution in [3.05, 3.63) is 54.1 Å². The number of hydrogen-bond acceptors (Lipinski definition) is 4. The third-order valence-corrected chi connectivity index (χ3v) is 3.41. The molecular formula is C17H17NO4. The first kappa shape index (κ1) is 14.4. The Kier molecular flexibility index (Phi) is 4.25. The zero-order chi connectivity index (χ0) is 15.4. The molecule has 1 aliphatic heterocycles. The van der Waals surface area contributed by atoms with E-state index in [1.54, 1.807) is 4.90 Å². The lowest BCUT2D eigenvalue weighted by Gasteiger charge is -2.22. The number of para-hydroxylation sites is 1. The topological polar surface area (TPSA) is 48.0 Å². The van der Waals surface area contributed by atoms with Gasteiger partial charge in [-0.1, -0.05) is 24.3 Å². The fraction of sp³-hybridized carbons (Fsp3) is 0.235. The molecule has 0 saturated carbocycles. The summed E-state index contributed by atoms with van der Waals surface area (Å²) in [5, 5.41) is 0. The molecule has 0 fully saturated rings. The maximum atomic E-state index is 12.3. The highest BCUT2D eigenvalue weighted by Gasteiger charge is 2.18. The first-order valence-corrected chi connectivity index (χ1v) is 7.01. The minimum absolute atomic E-state index is 0.0411. The summed E-state index contributed by atoms with van der Waals surface area (Å²) in [5.41, 5.74) is 1.81. The van der Waals surface area contributed by atoms with Crippen LogP contribution in [0.4, 0.5) is 5.69 Å². The highest BCUT2D eigenvalue weighted by Crippen LogP contribution is 2.33. The molecule has 0 aromatic heterocycles. The van der Waals surface area contributed by atoms with E-state index in [1.165, 1.54) is 7.11 Å². The van der Waals surface area contributed by atoms with E-state index < -0.39 is 0 Å². The number of nitrogens with zero attached hydrogens (tertiary/aromatic N) is 1. The Balaban J connectivity index is 1.85. The van der Waals surface area contributed by atoms with Crippen molar-refractivity contribution in [2.45, 2.75) is 6.54 Å². The molecule has 0 unspecified atom stereocenters. The zero-order valence-corrected chi connectivity index (χ0v) is 12.3. The van der Waals surface area contributed by atoms with E-state index in [-0.39, 0.29) is 19.3 Å². The van der Waals surface area contributed by atoms with Crippen LogP contribution in [0, 0.1) is 0 Å². The van der Waals surface area contributed by atoms with Crippen molar-refractivity contribution in [2.75, 3.05) is 25.4 Å². The molecular weight excluding hydrogens is 282 g/mol. The fourth-order valence-electron chi connectivity index (χ4n) is 2.35. The number of hydrogen-bond donors (Lipinski definition) is 0. The van der Waals surface area contributed by atoms with E-state index in [9.17, 15) is 4.79 Å². The van der Waals surface area contributed by atoms with Crippen molar-refractivity contribution >= 4 is 11.6 Å². The summed E-state index contributed by atoms with van der Waals surface area (Å²) in [5.74, 6) is 1.36. The van der Waals surface area contributed by atoms with Crippen LogP contribution in [0.5, 0.6) is 11.5 Å². The molecule has 0 spiro atoms. The van der Waals surface area contributed by atoms with E-state index in [0.29, 0.717) is 12.3 Å². The molecule has 0 radical (unpaired) electrons. The second-order valence-corrected chi connectivity index (χ2v) is 4.94. The minimum Gasteiger partial charge on any atom is -0.454 e. The summed E-state index contributed by atoms with van der Waals surface area (Å²) in [7, 11) is 1.52. The van der Waals surface area contributed by atoms with Crippen LogP contribution in [-0.2, 0) is 16.1 Å². The summed E-state index contributed by atoms with van der Waals surface area (Å²) < 4.78 is 15.7. The van der Waals surface area contributed by atoms with Crippen LogP contribution >= 0.6 is 0 Å². The van der Waals surface area contributed by atoms with E-state index in [1.807, 2.05) is 48.5 Å². The molecule has 22 heavy (non-hydrogen) atoms.